The molecule has 6 heteroatoms. The molecule has 128 valence electrons. The van der Waals surface area contributed by atoms with Crippen molar-refractivity contribution in [3.05, 3.63) is 35.4 Å². The fraction of sp³-hybridized carbons (Fsp3) is 0.588. The van der Waals surface area contributed by atoms with Crippen LogP contribution in [0.1, 0.15) is 38.2 Å². The standard InChI is InChI=1S/C17H24F2N2O2/c1-12(22)21-7-3-5-17(23,13-4-2-6-20-11-13)14-8-15(18)10-16(19)9-14/h8-10,13,20,23H,2-7,11H2,1H3,(H,21,22). The molecule has 2 rings (SSSR count). The number of benzene rings is 1. The average molecular weight is 326 g/mol. The molecule has 0 saturated carbocycles. The molecule has 1 amide bonds. The number of piperidine rings is 1. The van der Waals surface area contributed by atoms with Gasteiger partial charge in [0, 0.05) is 32.0 Å². The molecule has 0 spiro atoms. The molecule has 1 aromatic rings. The summed E-state index contributed by atoms with van der Waals surface area (Å²) < 4.78 is 27.2. The number of amides is 1. The molecule has 4 nitrogen and oxygen atoms in total. The van der Waals surface area contributed by atoms with Gasteiger partial charge in [0.05, 0.1) is 5.60 Å². The van der Waals surface area contributed by atoms with Gasteiger partial charge < -0.3 is 15.7 Å². The fourth-order valence-corrected chi connectivity index (χ4v) is 3.27. The predicted octanol–water partition coefficient (Wildman–Crippen LogP) is 2.07. The zero-order chi connectivity index (χ0) is 16.9. The lowest BCUT2D eigenvalue weighted by Crippen LogP contribution is -2.44. The van der Waals surface area contributed by atoms with Crippen molar-refractivity contribution < 1.29 is 18.7 Å². The molecule has 0 radical (unpaired) electrons. The summed E-state index contributed by atoms with van der Waals surface area (Å²) in [5.41, 5.74) is -1.04. The third-order valence-corrected chi connectivity index (χ3v) is 4.44. The van der Waals surface area contributed by atoms with E-state index in [1.165, 1.54) is 19.1 Å². The van der Waals surface area contributed by atoms with Crippen LogP contribution < -0.4 is 10.6 Å². The summed E-state index contributed by atoms with van der Waals surface area (Å²) in [6.45, 7) is 3.35. The average Bonchev–Trinajstić information content (AvgIpc) is 2.51. The van der Waals surface area contributed by atoms with Crippen LogP contribution >= 0.6 is 0 Å². The van der Waals surface area contributed by atoms with Gasteiger partial charge in [-0.2, -0.15) is 0 Å². The molecule has 2 atom stereocenters. The van der Waals surface area contributed by atoms with Gasteiger partial charge in [-0.25, -0.2) is 8.78 Å². The Balaban J connectivity index is 2.20. The van der Waals surface area contributed by atoms with Crippen molar-refractivity contribution in [1.82, 2.24) is 10.6 Å². The minimum absolute atomic E-state index is 0.116. The molecule has 0 bridgehead atoms. The molecular weight excluding hydrogens is 302 g/mol. The Kier molecular flexibility index (Phi) is 6.07. The van der Waals surface area contributed by atoms with Crippen LogP contribution in [-0.4, -0.2) is 30.6 Å². The van der Waals surface area contributed by atoms with Crippen LogP contribution in [0.2, 0.25) is 0 Å². The Morgan fingerprint density at radius 2 is 2.09 bits per heavy atom. The predicted molar refractivity (Wildman–Crippen MR) is 83.8 cm³/mol. The van der Waals surface area contributed by atoms with Crippen molar-refractivity contribution in [3.63, 3.8) is 0 Å². The summed E-state index contributed by atoms with van der Waals surface area (Å²) in [6.07, 6.45) is 2.57. The van der Waals surface area contributed by atoms with Crippen molar-refractivity contribution >= 4 is 5.91 Å². The zero-order valence-corrected chi connectivity index (χ0v) is 13.4. The zero-order valence-electron chi connectivity index (χ0n) is 13.4. The maximum absolute atomic E-state index is 13.6. The van der Waals surface area contributed by atoms with Crippen LogP contribution in [0.15, 0.2) is 18.2 Å². The molecule has 1 fully saturated rings. The fourth-order valence-electron chi connectivity index (χ4n) is 3.27. The van der Waals surface area contributed by atoms with Crippen molar-refractivity contribution in [1.29, 1.82) is 0 Å². The van der Waals surface area contributed by atoms with Gasteiger partial charge >= 0.3 is 0 Å². The maximum Gasteiger partial charge on any atom is 0.216 e. The van der Waals surface area contributed by atoms with E-state index in [0.29, 0.717) is 25.9 Å². The van der Waals surface area contributed by atoms with Gasteiger partial charge in [-0.15, -0.1) is 0 Å². The maximum atomic E-state index is 13.6. The Bertz CT molecular complexity index is 527. The van der Waals surface area contributed by atoms with Crippen LogP contribution in [0.5, 0.6) is 0 Å². The summed E-state index contributed by atoms with van der Waals surface area (Å²) >= 11 is 0. The topological polar surface area (TPSA) is 61.4 Å². The summed E-state index contributed by atoms with van der Waals surface area (Å²) in [5, 5.41) is 17.1. The third-order valence-electron chi connectivity index (χ3n) is 4.44. The van der Waals surface area contributed by atoms with E-state index >= 15 is 0 Å². The summed E-state index contributed by atoms with van der Waals surface area (Å²) in [7, 11) is 0. The minimum atomic E-state index is -1.31. The molecule has 0 aliphatic carbocycles. The second kappa shape index (κ2) is 7.84. The number of carbonyl (C=O) groups excluding carboxylic acids is 1. The van der Waals surface area contributed by atoms with Crippen LogP contribution in [-0.2, 0) is 10.4 Å². The first kappa shape index (κ1) is 17.8. The molecule has 1 aliphatic heterocycles. The second-order valence-electron chi connectivity index (χ2n) is 6.21. The largest absolute Gasteiger partial charge is 0.385 e. The Morgan fingerprint density at radius 3 is 2.65 bits per heavy atom. The molecule has 1 aromatic carbocycles. The number of rotatable bonds is 6. The van der Waals surface area contributed by atoms with Gasteiger partial charge in [0.2, 0.25) is 5.91 Å². The van der Waals surface area contributed by atoms with Gasteiger partial charge in [0.1, 0.15) is 11.6 Å². The van der Waals surface area contributed by atoms with Crippen LogP contribution in [0.4, 0.5) is 8.78 Å². The van der Waals surface area contributed by atoms with E-state index in [1.54, 1.807) is 0 Å². The van der Waals surface area contributed by atoms with Gasteiger partial charge in [-0.1, -0.05) is 0 Å². The number of aliphatic hydroxyl groups is 1. The van der Waals surface area contributed by atoms with E-state index in [1.807, 2.05) is 0 Å². The van der Waals surface area contributed by atoms with E-state index in [0.717, 1.165) is 25.5 Å². The highest BCUT2D eigenvalue weighted by atomic mass is 19.1. The lowest BCUT2D eigenvalue weighted by atomic mass is 9.74. The number of carbonyl (C=O) groups is 1. The molecule has 1 aliphatic rings. The number of halogens is 2. The quantitative estimate of drug-likeness (QED) is 0.701. The SMILES string of the molecule is CC(=O)NCCCC(O)(c1cc(F)cc(F)c1)C1CCCNC1. The molecule has 3 N–H and O–H groups in total. The second-order valence-corrected chi connectivity index (χ2v) is 6.21. The molecule has 1 heterocycles. The number of hydrogen-bond acceptors (Lipinski definition) is 3. The van der Waals surface area contributed by atoms with Gasteiger partial charge in [-0.3, -0.25) is 4.79 Å². The number of nitrogens with one attached hydrogen (secondary N) is 2. The van der Waals surface area contributed by atoms with Crippen LogP contribution in [0, 0.1) is 17.6 Å². The third kappa shape index (κ3) is 4.72. The van der Waals surface area contributed by atoms with E-state index in [9.17, 15) is 18.7 Å². The highest BCUT2D eigenvalue weighted by Crippen LogP contribution is 2.38. The van der Waals surface area contributed by atoms with Crippen LogP contribution in [0.25, 0.3) is 0 Å². The van der Waals surface area contributed by atoms with Crippen molar-refractivity contribution in [2.75, 3.05) is 19.6 Å². The Labute approximate surface area is 135 Å². The minimum Gasteiger partial charge on any atom is -0.385 e. The Hall–Kier alpha value is -1.53. The van der Waals surface area contributed by atoms with E-state index in [2.05, 4.69) is 10.6 Å². The first-order valence-electron chi connectivity index (χ1n) is 8.06. The van der Waals surface area contributed by atoms with Crippen molar-refractivity contribution in [3.8, 4) is 0 Å². The number of hydrogen-bond donors (Lipinski definition) is 3. The highest BCUT2D eigenvalue weighted by molar-refractivity contribution is 5.72. The summed E-state index contributed by atoms with van der Waals surface area (Å²) in [6, 6.07) is 3.21. The van der Waals surface area contributed by atoms with E-state index in [-0.39, 0.29) is 17.4 Å². The highest BCUT2D eigenvalue weighted by Gasteiger charge is 2.39. The normalized spacial score (nSPS) is 20.8. The van der Waals surface area contributed by atoms with Crippen LogP contribution in [0.3, 0.4) is 0 Å². The van der Waals surface area contributed by atoms with Crippen molar-refractivity contribution in [2.24, 2.45) is 5.92 Å². The first-order chi connectivity index (χ1) is 10.9. The lowest BCUT2D eigenvalue weighted by molar-refractivity contribution is -0.119. The van der Waals surface area contributed by atoms with E-state index in [4.69, 9.17) is 0 Å². The molecule has 23 heavy (non-hydrogen) atoms. The lowest BCUT2D eigenvalue weighted by Gasteiger charge is -2.39. The molecule has 0 aromatic heterocycles. The first-order valence-corrected chi connectivity index (χ1v) is 8.06. The summed E-state index contributed by atoms with van der Waals surface area (Å²) in [5.74, 6) is -1.63. The smallest absolute Gasteiger partial charge is 0.216 e. The molecular formula is C17H24F2N2O2. The molecule has 1 saturated heterocycles. The van der Waals surface area contributed by atoms with Crippen molar-refractivity contribution in [2.45, 2.75) is 38.2 Å². The van der Waals surface area contributed by atoms with Gasteiger partial charge in [-0.05, 0) is 49.9 Å². The van der Waals surface area contributed by atoms with E-state index < -0.39 is 17.2 Å². The monoisotopic (exact) mass is 326 g/mol. The molecule has 2 unspecified atom stereocenters. The Morgan fingerprint density at radius 1 is 1.39 bits per heavy atom. The van der Waals surface area contributed by atoms with Gasteiger partial charge in [0.15, 0.2) is 0 Å². The van der Waals surface area contributed by atoms with Gasteiger partial charge in [0.25, 0.3) is 0 Å². The summed E-state index contributed by atoms with van der Waals surface area (Å²) in [4.78, 5) is 10.9.